The van der Waals surface area contributed by atoms with Gasteiger partial charge in [0.1, 0.15) is 5.69 Å². The first-order valence-electron chi connectivity index (χ1n) is 6.76. The highest BCUT2D eigenvalue weighted by Gasteiger charge is 2.21. The van der Waals surface area contributed by atoms with Crippen molar-refractivity contribution in [2.45, 2.75) is 45.7 Å². The molecule has 1 heterocycles. The summed E-state index contributed by atoms with van der Waals surface area (Å²) in [6.45, 7) is 4.14. The molecule has 0 fully saturated rings. The maximum Gasteiger partial charge on any atom is 0.305 e. The van der Waals surface area contributed by atoms with Crippen LogP contribution in [0, 0.1) is 10.1 Å². The first-order valence-corrected chi connectivity index (χ1v) is 6.76. The number of hydrogen-bond acceptors (Lipinski definition) is 4. The fourth-order valence-electron chi connectivity index (χ4n) is 1.98. The zero-order valence-corrected chi connectivity index (χ0v) is 12.0. The van der Waals surface area contributed by atoms with Crippen molar-refractivity contribution >= 4 is 17.6 Å². The molecule has 0 aliphatic rings. The van der Waals surface area contributed by atoms with E-state index in [1.54, 1.807) is 6.92 Å². The number of hydrogen-bond donors (Lipinski definition) is 2. The van der Waals surface area contributed by atoms with Crippen LogP contribution >= 0.6 is 0 Å². The van der Waals surface area contributed by atoms with Gasteiger partial charge in [0.15, 0.2) is 0 Å². The van der Waals surface area contributed by atoms with Crippen LogP contribution in [0.2, 0.25) is 0 Å². The Morgan fingerprint density at radius 3 is 2.62 bits per heavy atom. The second-order valence-electron chi connectivity index (χ2n) is 4.71. The average molecular weight is 297 g/mol. The van der Waals surface area contributed by atoms with E-state index in [0.29, 0.717) is 13.0 Å². The number of nitrogens with one attached hydrogen (secondary N) is 1. The second-order valence-corrected chi connectivity index (χ2v) is 4.71. The topological polar surface area (TPSA) is 114 Å². The van der Waals surface area contributed by atoms with Crippen molar-refractivity contribution < 1.29 is 19.6 Å². The largest absolute Gasteiger partial charge is 0.481 e. The quantitative estimate of drug-likeness (QED) is 0.560. The second kappa shape index (κ2) is 7.41. The zero-order chi connectivity index (χ0) is 16.0. The average Bonchev–Trinajstić information content (AvgIpc) is 2.82. The van der Waals surface area contributed by atoms with Gasteiger partial charge in [-0.25, -0.2) is 0 Å². The van der Waals surface area contributed by atoms with Crippen LogP contribution in [0.4, 0.5) is 5.69 Å². The predicted octanol–water partition coefficient (Wildman–Crippen LogP) is 1.79. The number of nitrogens with zero attached hydrogens (tertiary/aromatic N) is 2. The number of carboxylic acids is 1. The molecule has 2 N–H and O–H groups in total. The molecule has 1 amide bonds. The maximum atomic E-state index is 12.2. The summed E-state index contributed by atoms with van der Waals surface area (Å²) < 4.78 is 1.51. The monoisotopic (exact) mass is 297 g/mol. The molecule has 1 aromatic rings. The van der Waals surface area contributed by atoms with Gasteiger partial charge in [-0.2, -0.15) is 0 Å². The molecule has 0 aliphatic heterocycles. The molecule has 0 radical (unpaired) electrons. The van der Waals surface area contributed by atoms with E-state index in [4.69, 9.17) is 5.11 Å². The molecule has 8 heteroatoms. The lowest BCUT2D eigenvalue weighted by Gasteiger charge is -2.15. The molecular formula is C13H19N3O5. The Morgan fingerprint density at radius 2 is 2.14 bits per heavy atom. The van der Waals surface area contributed by atoms with Gasteiger partial charge in [0.2, 0.25) is 0 Å². The van der Waals surface area contributed by atoms with E-state index in [2.05, 4.69) is 5.32 Å². The first-order chi connectivity index (χ1) is 9.88. The molecule has 1 unspecified atom stereocenters. The van der Waals surface area contributed by atoms with Crippen molar-refractivity contribution in [2.24, 2.45) is 0 Å². The van der Waals surface area contributed by atoms with Crippen molar-refractivity contribution in [1.29, 1.82) is 0 Å². The minimum absolute atomic E-state index is 0.153. The highest BCUT2D eigenvalue weighted by atomic mass is 16.6. The van der Waals surface area contributed by atoms with Gasteiger partial charge in [0.25, 0.3) is 11.6 Å². The zero-order valence-electron chi connectivity index (χ0n) is 12.0. The summed E-state index contributed by atoms with van der Waals surface area (Å²) >= 11 is 0. The number of aryl methyl sites for hydroxylation is 1. The summed E-state index contributed by atoms with van der Waals surface area (Å²) in [6.07, 6.45) is 2.32. The molecule has 1 rings (SSSR count). The molecule has 8 nitrogen and oxygen atoms in total. The molecule has 0 saturated carbocycles. The Morgan fingerprint density at radius 1 is 1.48 bits per heavy atom. The molecular weight excluding hydrogens is 278 g/mol. The Labute approximate surface area is 121 Å². The highest BCUT2D eigenvalue weighted by Crippen LogP contribution is 2.17. The number of aliphatic carboxylic acids is 1. The van der Waals surface area contributed by atoms with E-state index in [9.17, 15) is 19.7 Å². The van der Waals surface area contributed by atoms with E-state index in [1.165, 1.54) is 16.8 Å². The summed E-state index contributed by atoms with van der Waals surface area (Å²) in [5.41, 5.74) is 0.0206. The molecule has 0 spiro atoms. The number of rotatable bonds is 8. The van der Waals surface area contributed by atoms with Crippen LogP contribution in [0.5, 0.6) is 0 Å². The SMILES string of the molecule is CCCn1cc([N+](=O)[O-])cc1C(=O)NC(CC)CC(=O)O. The van der Waals surface area contributed by atoms with Gasteiger partial charge in [0, 0.05) is 18.7 Å². The van der Waals surface area contributed by atoms with Gasteiger partial charge in [0.05, 0.1) is 17.5 Å². The Hall–Kier alpha value is -2.38. The molecule has 0 bridgehead atoms. The van der Waals surface area contributed by atoms with Gasteiger partial charge < -0.3 is 15.0 Å². The molecule has 21 heavy (non-hydrogen) atoms. The number of carbonyl (C=O) groups excluding carboxylic acids is 1. The summed E-state index contributed by atoms with van der Waals surface area (Å²) in [6, 6.07) is 0.706. The first kappa shape index (κ1) is 16.7. The molecule has 116 valence electrons. The lowest BCUT2D eigenvalue weighted by Crippen LogP contribution is -2.37. The van der Waals surface area contributed by atoms with Gasteiger partial charge in [-0.15, -0.1) is 0 Å². The molecule has 1 aromatic heterocycles. The minimum Gasteiger partial charge on any atom is -0.481 e. The fourth-order valence-corrected chi connectivity index (χ4v) is 1.98. The van der Waals surface area contributed by atoms with Crippen molar-refractivity contribution in [3.8, 4) is 0 Å². The van der Waals surface area contributed by atoms with Crippen molar-refractivity contribution in [3.63, 3.8) is 0 Å². The van der Waals surface area contributed by atoms with Crippen molar-refractivity contribution in [1.82, 2.24) is 9.88 Å². The number of aromatic nitrogens is 1. The van der Waals surface area contributed by atoms with Crippen molar-refractivity contribution in [3.05, 3.63) is 28.1 Å². The number of carbonyl (C=O) groups is 2. The normalized spacial score (nSPS) is 11.9. The third-order valence-corrected chi connectivity index (χ3v) is 3.04. The summed E-state index contributed by atoms with van der Waals surface area (Å²) in [5, 5.41) is 22.2. The van der Waals surface area contributed by atoms with Crippen LogP contribution < -0.4 is 5.32 Å². The number of amides is 1. The summed E-state index contributed by atoms with van der Waals surface area (Å²) in [5.74, 6) is -1.50. The smallest absolute Gasteiger partial charge is 0.305 e. The van der Waals surface area contributed by atoms with Crippen LogP contribution in [0.15, 0.2) is 12.3 Å². The predicted molar refractivity (Wildman–Crippen MR) is 75.2 cm³/mol. The molecule has 1 atom stereocenters. The summed E-state index contributed by atoms with van der Waals surface area (Å²) in [7, 11) is 0. The van der Waals surface area contributed by atoms with Crippen molar-refractivity contribution in [2.75, 3.05) is 0 Å². The lowest BCUT2D eigenvalue weighted by molar-refractivity contribution is -0.384. The van der Waals surface area contributed by atoms with Crippen LogP contribution in [0.25, 0.3) is 0 Å². The van der Waals surface area contributed by atoms with E-state index in [-0.39, 0.29) is 17.8 Å². The molecule has 0 aromatic carbocycles. The van der Waals surface area contributed by atoms with Gasteiger partial charge in [-0.05, 0) is 12.8 Å². The van der Waals surface area contributed by atoms with Gasteiger partial charge in [-0.3, -0.25) is 19.7 Å². The molecule has 0 saturated heterocycles. The van der Waals surface area contributed by atoms with E-state index < -0.39 is 22.8 Å². The summed E-state index contributed by atoms with van der Waals surface area (Å²) in [4.78, 5) is 33.1. The Kier molecular flexibility index (Phi) is 5.89. The number of carboxylic acid groups (broad SMARTS) is 1. The third-order valence-electron chi connectivity index (χ3n) is 3.04. The van der Waals surface area contributed by atoms with E-state index in [0.717, 1.165) is 6.42 Å². The highest BCUT2D eigenvalue weighted by molar-refractivity contribution is 5.94. The maximum absolute atomic E-state index is 12.2. The van der Waals surface area contributed by atoms with Crippen LogP contribution in [-0.4, -0.2) is 32.5 Å². The van der Waals surface area contributed by atoms with Gasteiger partial charge in [-0.1, -0.05) is 13.8 Å². The Balaban J connectivity index is 2.94. The standard InChI is InChI=1S/C13H19N3O5/c1-3-5-15-8-10(16(20)21)7-11(15)13(19)14-9(4-2)6-12(17)18/h7-9H,3-6H2,1-2H3,(H,14,19)(H,17,18). The van der Waals surface area contributed by atoms with E-state index in [1.807, 2.05) is 6.92 Å². The van der Waals surface area contributed by atoms with Crippen LogP contribution in [0.3, 0.4) is 0 Å². The number of nitro groups is 1. The van der Waals surface area contributed by atoms with E-state index >= 15 is 0 Å². The fraction of sp³-hybridized carbons (Fsp3) is 0.538. The lowest BCUT2D eigenvalue weighted by atomic mass is 10.1. The van der Waals surface area contributed by atoms with Gasteiger partial charge >= 0.3 is 5.97 Å². The van der Waals surface area contributed by atoms with Crippen LogP contribution in [-0.2, 0) is 11.3 Å². The minimum atomic E-state index is -1.00. The Bertz CT molecular complexity index is 538. The molecule has 0 aliphatic carbocycles. The third kappa shape index (κ3) is 4.59. The van der Waals surface area contributed by atoms with Crippen LogP contribution in [0.1, 0.15) is 43.6 Å².